The van der Waals surface area contributed by atoms with Crippen LogP contribution in [0.15, 0.2) is 0 Å². The molecule has 0 aromatic heterocycles. The molecule has 0 saturated heterocycles. The lowest BCUT2D eigenvalue weighted by atomic mass is 9.83. The molecule has 0 radical (unpaired) electrons. The largest absolute Gasteiger partial charge is 0.417 e. The first-order chi connectivity index (χ1) is 8.26. The van der Waals surface area contributed by atoms with Crippen LogP contribution in [0, 0.1) is 23.7 Å². The van der Waals surface area contributed by atoms with Crippen LogP contribution in [-0.4, -0.2) is 14.9 Å². The summed E-state index contributed by atoms with van der Waals surface area (Å²) < 4.78 is 6.33. The van der Waals surface area contributed by atoms with Crippen LogP contribution in [-0.2, 0) is 4.43 Å². The lowest BCUT2D eigenvalue weighted by Crippen LogP contribution is -2.42. The monoisotopic (exact) mass is 266 g/mol. The first-order valence-corrected chi connectivity index (χ1v) is 10.2. The van der Waals surface area contributed by atoms with Crippen molar-refractivity contribution in [2.75, 3.05) is 6.61 Å². The van der Waals surface area contributed by atoms with Gasteiger partial charge in [0.25, 0.3) is 0 Å². The SMILES string of the molecule is CC#CC1CCC(CO[Si](C)(C)C(C)(C)C)CC1. The third-order valence-electron chi connectivity index (χ3n) is 4.68. The fourth-order valence-electron chi connectivity index (χ4n) is 2.22. The second kappa shape index (κ2) is 6.26. The molecule has 0 amide bonds. The van der Waals surface area contributed by atoms with Gasteiger partial charge in [-0.25, -0.2) is 0 Å². The van der Waals surface area contributed by atoms with Crippen molar-refractivity contribution in [1.82, 2.24) is 0 Å². The molecule has 1 saturated carbocycles. The average molecular weight is 267 g/mol. The van der Waals surface area contributed by atoms with Crippen LogP contribution in [0.25, 0.3) is 0 Å². The van der Waals surface area contributed by atoms with Gasteiger partial charge >= 0.3 is 0 Å². The summed E-state index contributed by atoms with van der Waals surface area (Å²) >= 11 is 0. The summed E-state index contributed by atoms with van der Waals surface area (Å²) in [6, 6.07) is 0. The molecule has 0 aliphatic heterocycles. The quantitative estimate of drug-likeness (QED) is 0.525. The van der Waals surface area contributed by atoms with E-state index in [1.807, 2.05) is 6.92 Å². The topological polar surface area (TPSA) is 9.23 Å². The first kappa shape index (κ1) is 15.8. The molecular formula is C16H30OSi. The molecule has 1 nitrogen and oxygen atoms in total. The Morgan fingerprint density at radius 3 is 2.11 bits per heavy atom. The van der Waals surface area contributed by atoms with Crippen molar-refractivity contribution in [2.45, 2.75) is 71.5 Å². The normalized spacial score (nSPS) is 25.4. The molecule has 2 heteroatoms. The van der Waals surface area contributed by atoms with E-state index in [4.69, 9.17) is 4.43 Å². The zero-order valence-corrected chi connectivity index (χ0v) is 14.1. The predicted octanol–water partition coefficient (Wildman–Crippen LogP) is 4.84. The Balaban J connectivity index is 2.36. The van der Waals surface area contributed by atoms with Gasteiger partial charge in [-0.05, 0) is 56.7 Å². The van der Waals surface area contributed by atoms with Crippen LogP contribution >= 0.6 is 0 Å². The summed E-state index contributed by atoms with van der Waals surface area (Å²) in [7, 11) is -1.55. The molecule has 0 bridgehead atoms. The van der Waals surface area contributed by atoms with E-state index < -0.39 is 8.32 Å². The number of hydrogen-bond acceptors (Lipinski definition) is 1. The van der Waals surface area contributed by atoms with Crippen LogP contribution in [0.2, 0.25) is 18.1 Å². The lowest BCUT2D eigenvalue weighted by Gasteiger charge is -2.38. The maximum Gasteiger partial charge on any atom is 0.191 e. The maximum absolute atomic E-state index is 6.33. The second-order valence-corrected chi connectivity index (χ2v) is 12.0. The molecule has 1 fully saturated rings. The Bertz CT molecular complexity index is 308. The van der Waals surface area contributed by atoms with Gasteiger partial charge in [-0.15, -0.1) is 11.8 Å². The van der Waals surface area contributed by atoms with Gasteiger partial charge in [0, 0.05) is 12.5 Å². The van der Waals surface area contributed by atoms with Gasteiger partial charge in [0.15, 0.2) is 8.32 Å². The summed E-state index contributed by atoms with van der Waals surface area (Å²) in [5.74, 6) is 7.80. The number of rotatable bonds is 3. The van der Waals surface area contributed by atoms with Crippen molar-refractivity contribution in [1.29, 1.82) is 0 Å². The van der Waals surface area contributed by atoms with E-state index in [0.29, 0.717) is 11.0 Å². The van der Waals surface area contributed by atoms with Crippen molar-refractivity contribution >= 4 is 8.32 Å². The van der Waals surface area contributed by atoms with Crippen LogP contribution in [0.3, 0.4) is 0 Å². The summed E-state index contributed by atoms with van der Waals surface area (Å²) in [6.45, 7) is 14.6. The molecule has 0 aromatic rings. The van der Waals surface area contributed by atoms with E-state index in [1.165, 1.54) is 25.7 Å². The third kappa shape index (κ3) is 4.44. The van der Waals surface area contributed by atoms with Crippen molar-refractivity contribution in [2.24, 2.45) is 11.8 Å². The first-order valence-electron chi connectivity index (χ1n) is 7.32. The van der Waals surface area contributed by atoms with Crippen molar-refractivity contribution in [3.63, 3.8) is 0 Å². The minimum absolute atomic E-state index is 0.331. The van der Waals surface area contributed by atoms with Crippen molar-refractivity contribution in [3.8, 4) is 11.8 Å². The third-order valence-corrected chi connectivity index (χ3v) is 9.18. The van der Waals surface area contributed by atoms with E-state index >= 15 is 0 Å². The molecule has 0 heterocycles. The standard InChI is InChI=1S/C16H30OSi/c1-7-8-14-9-11-15(12-10-14)13-17-18(5,6)16(2,3)4/h14-15H,9-13H2,1-6H3. The van der Waals surface area contributed by atoms with E-state index in [9.17, 15) is 0 Å². The van der Waals surface area contributed by atoms with Gasteiger partial charge in [0.1, 0.15) is 0 Å². The van der Waals surface area contributed by atoms with Gasteiger partial charge in [-0.2, -0.15) is 0 Å². The van der Waals surface area contributed by atoms with Crippen molar-refractivity contribution in [3.05, 3.63) is 0 Å². The highest BCUT2D eigenvalue weighted by atomic mass is 28.4. The van der Waals surface area contributed by atoms with E-state index in [2.05, 4.69) is 45.7 Å². The van der Waals surface area contributed by atoms with Crippen LogP contribution < -0.4 is 0 Å². The Kier molecular flexibility index (Phi) is 5.49. The molecule has 0 spiro atoms. The van der Waals surface area contributed by atoms with Crippen LogP contribution in [0.4, 0.5) is 0 Å². The molecule has 1 aliphatic rings. The Labute approximate surface area is 115 Å². The Morgan fingerprint density at radius 1 is 1.11 bits per heavy atom. The summed E-state index contributed by atoms with van der Waals surface area (Å²) in [5, 5.41) is 0.331. The smallest absolute Gasteiger partial charge is 0.191 e. The molecule has 0 unspecified atom stereocenters. The molecule has 104 valence electrons. The highest BCUT2D eigenvalue weighted by Gasteiger charge is 2.37. The van der Waals surface area contributed by atoms with E-state index in [0.717, 1.165) is 12.5 Å². The lowest BCUT2D eigenvalue weighted by molar-refractivity contribution is 0.183. The molecule has 0 aromatic carbocycles. The zero-order chi connectivity index (χ0) is 13.8. The molecule has 0 atom stereocenters. The van der Waals surface area contributed by atoms with Crippen molar-refractivity contribution < 1.29 is 4.43 Å². The second-order valence-electron chi connectivity index (χ2n) is 7.18. The van der Waals surface area contributed by atoms with Gasteiger partial charge < -0.3 is 4.43 Å². The molecule has 18 heavy (non-hydrogen) atoms. The maximum atomic E-state index is 6.33. The molecule has 0 N–H and O–H groups in total. The van der Waals surface area contributed by atoms with Gasteiger partial charge in [-0.3, -0.25) is 0 Å². The predicted molar refractivity (Wildman–Crippen MR) is 82.0 cm³/mol. The summed E-state index contributed by atoms with van der Waals surface area (Å²) in [5.41, 5.74) is 0. The molecule has 1 aliphatic carbocycles. The van der Waals surface area contributed by atoms with E-state index in [1.54, 1.807) is 0 Å². The Morgan fingerprint density at radius 2 is 1.67 bits per heavy atom. The summed E-state index contributed by atoms with van der Waals surface area (Å²) in [6.07, 6.45) is 5.14. The van der Waals surface area contributed by atoms with Gasteiger partial charge in [0.2, 0.25) is 0 Å². The number of hydrogen-bond donors (Lipinski definition) is 0. The fraction of sp³-hybridized carbons (Fsp3) is 0.875. The fourth-order valence-corrected chi connectivity index (χ4v) is 3.31. The van der Waals surface area contributed by atoms with Crippen LogP contribution in [0.5, 0.6) is 0 Å². The highest BCUT2D eigenvalue weighted by Crippen LogP contribution is 2.38. The van der Waals surface area contributed by atoms with Crippen LogP contribution in [0.1, 0.15) is 53.4 Å². The Hall–Kier alpha value is -0.263. The molecular weight excluding hydrogens is 236 g/mol. The summed E-state index contributed by atoms with van der Waals surface area (Å²) in [4.78, 5) is 0. The van der Waals surface area contributed by atoms with Gasteiger partial charge in [0.05, 0.1) is 0 Å². The van der Waals surface area contributed by atoms with E-state index in [-0.39, 0.29) is 0 Å². The average Bonchev–Trinajstić information content (AvgIpc) is 2.27. The zero-order valence-electron chi connectivity index (χ0n) is 13.1. The van der Waals surface area contributed by atoms with Gasteiger partial charge in [-0.1, -0.05) is 20.8 Å². The highest BCUT2D eigenvalue weighted by molar-refractivity contribution is 6.74. The molecule has 1 rings (SSSR count). The minimum atomic E-state index is -1.55. The minimum Gasteiger partial charge on any atom is -0.417 e.